The van der Waals surface area contributed by atoms with Crippen LogP contribution in [0.5, 0.6) is 0 Å². The lowest BCUT2D eigenvalue weighted by Gasteiger charge is -2.04. The summed E-state index contributed by atoms with van der Waals surface area (Å²) < 4.78 is 0. The summed E-state index contributed by atoms with van der Waals surface area (Å²) >= 11 is 4.02. The number of thiol groups is 1. The molecule has 0 atom stereocenters. The van der Waals surface area contributed by atoms with Gasteiger partial charge in [0.05, 0.1) is 5.56 Å². The summed E-state index contributed by atoms with van der Waals surface area (Å²) in [5.74, 6) is -0.175. The first-order valence-electron chi connectivity index (χ1n) is 5.43. The maximum atomic E-state index is 11.8. The largest absolute Gasteiger partial charge is 0.366 e. The first-order valence-corrected chi connectivity index (χ1v) is 6.06. The number of hydrogen-bond donors (Lipinski definition) is 4. The average molecular weight is 255 g/mol. The zero-order valence-electron chi connectivity index (χ0n) is 9.96. The monoisotopic (exact) mass is 255 g/mol. The van der Waals surface area contributed by atoms with Crippen molar-refractivity contribution in [1.29, 1.82) is 0 Å². The molecule has 1 aromatic rings. The van der Waals surface area contributed by atoms with Crippen LogP contribution in [0.15, 0.2) is 0 Å². The van der Waals surface area contributed by atoms with Gasteiger partial charge in [0.15, 0.2) is 0 Å². The van der Waals surface area contributed by atoms with Crippen LogP contribution in [0.4, 0.5) is 0 Å². The third-order valence-corrected chi connectivity index (χ3v) is 2.74. The summed E-state index contributed by atoms with van der Waals surface area (Å²) in [5, 5.41) is 2.70. The number of hydrogen-bond acceptors (Lipinski definition) is 3. The molecular weight excluding hydrogens is 238 g/mol. The van der Waals surface area contributed by atoms with Gasteiger partial charge in [0.1, 0.15) is 5.69 Å². The van der Waals surface area contributed by atoms with Gasteiger partial charge >= 0.3 is 0 Å². The molecule has 1 rings (SSSR count). The fourth-order valence-corrected chi connectivity index (χ4v) is 1.93. The smallest absolute Gasteiger partial charge is 0.268 e. The van der Waals surface area contributed by atoms with Crippen molar-refractivity contribution in [2.45, 2.75) is 20.3 Å². The van der Waals surface area contributed by atoms with Gasteiger partial charge in [0.2, 0.25) is 0 Å². The summed E-state index contributed by atoms with van der Waals surface area (Å²) in [6.45, 7) is 4.09. The maximum Gasteiger partial charge on any atom is 0.268 e. The zero-order chi connectivity index (χ0) is 13.0. The number of amides is 2. The second kappa shape index (κ2) is 5.77. The molecule has 1 heterocycles. The molecule has 0 radical (unpaired) electrons. The molecule has 5 nitrogen and oxygen atoms in total. The van der Waals surface area contributed by atoms with E-state index in [9.17, 15) is 9.59 Å². The Morgan fingerprint density at radius 1 is 1.47 bits per heavy atom. The SMILES string of the molecule is CCc1c(C(=O)NCCS)[nH]c(C)c1C(N)=O. The summed E-state index contributed by atoms with van der Waals surface area (Å²) in [6.07, 6.45) is 0.576. The Balaban J connectivity index is 3.12. The van der Waals surface area contributed by atoms with Crippen molar-refractivity contribution in [3.05, 3.63) is 22.5 Å². The van der Waals surface area contributed by atoms with Crippen molar-refractivity contribution < 1.29 is 9.59 Å². The van der Waals surface area contributed by atoms with Crippen LogP contribution >= 0.6 is 12.6 Å². The van der Waals surface area contributed by atoms with Crippen LogP contribution in [0.1, 0.15) is 39.0 Å². The lowest BCUT2D eigenvalue weighted by atomic mass is 10.1. The second-order valence-corrected chi connectivity index (χ2v) is 4.12. The van der Waals surface area contributed by atoms with E-state index in [1.807, 2.05) is 6.92 Å². The lowest BCUT2D eigenvalue weighted by molar-refractivity contribution is 0.0950. The Hall–Kier alpha value is -1.43. The van der Waals surface area contributed by atoms with Crippen LogP contribution in [0, 0.1) is 6.92 Å². The van der Waals surface area contributed by atoms with E-state index in [2.05, 4.69) is 22.9 Å². The van der Waals surface area contributed by atoms with E-state index in [1.54, 1.807) is 6.92 Å². The van der Waals surface area contributed by atoms with E-state index in [4.69, 9.17) is 5.73 Å². The third kappa shape index (κ3) is 2.82. The molecule has 0 saturated carbocycles. The fourth-order valence-electron chi connectivity index (χ4n) is 1.82. The van der Waals surface area contributed by atoms with Crippen molar-refractivity contribution in [2.24, 2.45) is 5.73 Å². The molecule has 6 heteroatoms. The fraction of sp³-hybridized carbons (Fsp3) is 0.455. The van der Waals surface area contributed by atoms with Gasteiger partial charge in [0.25, 0.3) is 11.8 Å². The predicted octanol–water partition coefficient (Wildman–Crippen LogP) is 0.644. The molecule has 0 saturated heterocycles. The Kier molecular flexibility index (Phi) is 4.62. The van der Waals surface area contributed by atoms with Crippen molar-refractivity contribution in [3.8, 4) is 0 Å². The normalized spacial score (nSPS) is 10.3. The summed E-state index contributed by atoms with van der Waals surface area (Å²) in [4.78, 5) is 26.1. The number of primary amides is 1. The number of carbonyl (C=O) groups is 2. The third-order valence-electron chi connectivity index (χ3n) is 2.52. The quantitative estimate of drug-likeness (QED) is 0.582. The lowest BCUT2D eigenvalue weighted by Crippen LogP contribution is -2.26. The van der Waals surface area contributed by atoms with Crippen molar-refractivity contribution in [2.75, 3.05) is 12.3 Å². The van der Waals surface area contributed by atoms with Crippen LogP contribution in [-0.2, 0) is 6.42 Å². The molecule has 2 amide bonds. The zero-order valence-corrected chi connectivity index (χ0v) is 10.9. The molecule has 0 aliphatic rings. The molecular formula is C11H17N3O2S. The van der Waals surface area contributed by atoms with Gasteiger partial charge in [-0.3, -0.25) is 9.59 Å². The van der Waals surface area contributed by atoms with E-state index in [0.29, 0.717) is 41.2 Å². The predicted molar refractivity (Wildman–Crippen MR) is 69.6 cm³/mol. The van der Waals surface area contributed by atoms with Crippen molar-refractivity contribution in [1.82, 2.24) is 10.3 Å². The Morgan fingerprint density at radius 3 is 2.59 bits per heavy atom. The van der Waals surface area contributed by atoms with E-state index < -0.39 is 5.91 Å². The molecule has 0 aromatic carbocycles. The summed E-state index contributed by atoms with van der Waals surface area (Å²) in [6, 6.07) is 0. The molecule has 0 aliphatic carbocycles. The highest BCUT2D eigenvalue weighted by atomic mass is 32.1. The maximum absolute atomic E-state index is 11.8. The van der Waals surface area contributed by atoms with Crippen molar-refractivity contribution in [3.63, 3.8) is 0 Å². The van der Waals surface area contributed by atoms with Gasteiger partial charge < -0.3 is 16.0 Å². The molecule has 17 heavy (non-hydrogen) atoms. The molecule has 0 spiro atoms. The number of rotatable bonds is 5. The first-order chi connectivity index (χ1) is 8.02. The average Bonchev–Trinajstić information content (AvgIpc) is 2.62. The summed E-state index contributed by atoms with van der Waals surface area (Å²) in [5.41, 5.74) is 7.44. The minimum absolute atomic E-state index is 0.230. The molecule has 0 aliphatic heterocycles. The Morgan fingerprint density at radius 2 is 2.12 bits per heavy atom. The molecule has 0 fully saturated rings. The number of aryl methyl sites for hydroxylation is 1. The number of aromatic amines is 1. The van der Waals surface area contributed by atoms with Gasteiger partial charge in [-0.2, -0.15) is 12.6 Å². The van der Waals surface area contributed by atoms with Crippen LogP contribution in [-0.4, -0.2) is 29.1 Å². The molecule has 4 N–H and O–H groups in total. The van der Waals surface area contributed by atoms with Crippen LogP contribution in [0.3, 0.4) is 0 Å². The minimum atomic E-state index is -0.510. The summed E-state index contributed by atoms with van der Waals surface area (Å²) in [7, 11) is 0. The minimum Gasteiger partial charge on any atom is -0.366 e. The molecule has 1 aromatic heterocycles. The van der Waals surface area contributed by atoms with Gasteiger partial charge in [-0.15, -0.1) is 0 Å². The van der Waals surface area contributed by atoms with E-state index >= 15 is 0 Å². The van der Waals surface area contributed by atoms with E-state index in [-0.39, 0.29) is 5.91 Å². The number of H-pyrrole nitrogens is 1. The van der Waals surface area contributed by atoms with E-state index in [0.717, 1.165) is 0 Å². The number of carbonyl (C=O) groups excluding carboxylic acids is 2. The van der Waals surface area contributed by atoms with Crippen LogP contribution < -0.4 is 11.1 Å². The second-order valence-electron chi connectivity index (χ2n) is 3.68. The van der Waals surface area contributed by atoms with Gasteiger partial charge in [-0.05, 0) is 18.9 Å². The molecule has 0 bridgehead atoms. The number of aromatic nitrogens is 1. The topological polar surface area (TPSA) is 88.0 Å². The highest BCUT2D eigenvalue weighted by Crippen LogP contribution is 2.19. The van der Waals surface area contributed by atoms with Crippen molar-refractivity contribution >= 4 is 24.4 Å². The Bertz CT molecular complexity index is 440. The number of nitrogens with one attached hydrogen (secondary N) is 2. The van der Waals surface area contributed by atoms with Crippen LogP contribution in [0.2, 0.25) is 0 Å². The van der Waals surface area contributed by atoms with E-state index in [1.165, 1.54) is 0 Å². The van der Waals surface area contributed by atoms with Crippen LogP contribution in [0.25, 0.3) is 0 Å². The highest BCUT2D eigenvalue weighted by Gasteiger charge is 2.21. The first kappa shape index (κ1) is 13.6. The highest BCUT2D eigenvalue weighted by molar-refractivity contribution is 7.80. The Labute approximate surface area is 106 Å². The standard InChI is InChI=1S/C11H17N3O2S/c1-3-7-8(10(12)15)6(2)14-9(7)11(16)13-4-5-17/h14,17H,3-5H2,1-2H3,(H2,12,15)(H,13,16). The number of nitrogens with two attached hydrogens (primary N) is 1. The molecule has 94 valence electrons. The van der Waals surface area contributed by atoms with Gasteiger partial charge in [-0.1, -0.05) is 6.92 Å². The van der Waals surface area contributed by atoms with Gasteiger partial charge in [-0.25, -0.2) is 0 Å². The van der Waals surface area contributed by atoms with Gasteiger partial charge in [0, 0.05) is 18.0 Å². The molecule has 0 unspecified atom stereocenters.